The van der Waals surface area contributed by atoms with Crippen molar-refractivity contribution in [2.45, 2.75) is 25.7 Å². The van der Waals surface area contributed by atoms with E-state index >= 15 is 0 Å². The largest absolute Gasteiger partial charge is 0.481 e. The Morgan fingerprint density at radius 3 is 2.38 bits per heavy atom. The van der Waals surface area contributed by atoms with E-state index in [9.17, 15) is 14.4 Å². The molecule has 0 spiro atoms. The second kappa shape index (κ2) is 6.75. The first kappa shape index (κ1) is 15.6. The molecule has 21 heavy (non-hydrogen) atoms. The lowest BCUT2D eigenvalue weighted by Crippen LogP contribution is -2.47. The van der Waals surface area contributed by atoms with Crippen molar-refractivity contribution in [2.24, 2.45) is 11.8 Å². The van der Waals surface area contributed by atoms with Crippen LogP contribution >= 0.6 is 15.9 Å². The highest BCUT2D eigenvalue weighted by Gasteiger charge is 2.35. The molecule has 0 unspecified atom stereocenters. The Hall–Kier alpha value is -1.83. The minimum atomic E-state index is -0.976. The van der Waals surface area contributed by atoms with Gasteiger partial charge in [-0.15, -0.1) is 0 Å². The lowest BCUT2D eigenvalue weighted by Gasteiger charge is -2.27. The van der Waals surface area contributed by atoms with Gasteiger partial charge in [-0.3, -0.25) is 25.2 Å². The molecule has 0 aromatic carbocycles. The fourth-order valence-corrected chi connectivity index (χ4v) is 2.76. The molecule has 0 bridgehead atoms. The van der Waals surface area contributed by atoms with E-state index in [0.29, 0.717) is 17.5 Å². The lowest BCUT2D eigenvalue weighted by molar-refractivity contribution is -0.149. The van der Waals surface area contributed by atoms with Crippen LogP contribution in [-0.4, -0.2) is 22.9 Å². The molecule has 0 saturated heterocycles. The van der Waals surface area contributed by atoms with Gasteiger partial charge in [0.2, 0.25) is 5.91 Å². The van der Waals surface area contributed by atoms with E-state index in [1.165, 1.54) is 6.07 Å². The third kappa shape index (κ3) is 3.84. The van der Waals surface area contributed by atoms with Crippen molar-refractivity contribution in [2.75, 3.05) is 0 Å². The number of furan rings is 1. The van der Waals surface area contributed by atoms with E-state index in [-0.39, 0.29) is 5.76 Å². The van der Waals surface area contributed by atoms with Gasteiger partial charge in [-0.2, -0.15) is 0 Å². The molecular weight excluding hydrogens is 344 g/mol. The molecule has 1 heterocycles. The van der Waals surface area contributed by atoms with Crippen LogP contribution in [0.2, 0.25) is 0 Å². The van der Waals surface area contributed by atoms with Crippen LogP contribution in [-0.2, 0) is 9.59 Å². The van der Waals surface area contributed by atoms with Crippen LogP contribution in [0.1, 0.15) is 36.2 Å². The summed E-state index contributed by atoms with van der Waals surface area (Å²) in [5, 5.41) is 9.13. The predicted octanol–water partition coefficient (Wildman–Crippen LogP) is 1.69. The first-order chi connectivity index (χ1) is 9.99. The molecule has 1 aromatic heterocycles. The zero-order valence-corrected chi connectivity index (χ0v) is 12.7. The maximum atomic E-state index is 12.0. The standard InChI is InChI=1S/C13H15BrN2O5/c14-10-6-5-9(21-10)12(18)16-15-11(17)7-3-1-2-4-8(7)13(19)20/h5-8H,1-4H2,(H,15,17)(H,16,18)(H,19,20)/t7-,8+/m0/s1. The Bertz CT molecular complexity index is 557. The molecule has 3 N–H and O–H groups in total. The topological polar surface area (TPSA) is 109 Å². The second-order valence-electron chi connectivity index (χ2n) is 4.88. The summed E-state index contributed by atoms with van der Waals surface area (Å²) in [6, 6.07) is 3.00. The second-order valence-corrected chi connectivity index (χ2v) is 5.66. The highest BCUT2D eigenvalue weighted by molar-refractivity contribution is 9.10. The summed E-state index contributed by atoms with van der Waals surface area (Å²) >= 11 is 3.07. The van der Waals surface area contributed by atoms with E-state index < -0.39 is 29.6 Å². The van der Waals surface area contributed by atoms with Gasteiger partial charge in [0, 0.05) is 0 Å². The smallest absolute Gasteiger partial charge is 0.307 e. The molecule has 114 valence electrons. The third-order valence-electron chi connectivity index (χ3n) is 3.52. The zero-order valence-electron chi connectivity index (χ0n) is 11.1. The number of hydrazine groups is 1. The van der Waals surface area contributed by atoms with Crippen LogP contribution in [0, 0.1) is 11.8 Å². The van der Waals surface area contributed by atoms with E-state index in [4.69, 9.17) is 9.52 Å². The van der Waals surface area contributed by atoms with E-state index in [2.05, 4.69) is 26.8 Å². The molecule has 8 heteroatoms. The summed E-state index contributed by atoms with van der Waals surface area (Å²) in [6.45, 7) is 0. The average Bonchev–Trinajstić information content (AvgIpc) is 2.91. The quantitative estimate of drug-likeness (QED) is 0.712. The van der Waals surface area contributed by atoms with Crippen LogP contribution in [0.15, 0.2) is 21.2 Å². The van der Waals surface area contributed by atoms with Gasteiger partial charge in [0.25, 0.3) is 0 Å². The fraction of sp³-hybridized carbons (Fsp3) is 0.462. The molecule has 2 rings (SSSR count). The summed E-state index contributed by atoms with van der Waals surface area (Å²) in [7, 11) is 0. The number of rotatable bonds is 3. The van der Waals surface area contributed by atoms with Gasteiger partial charge >= 0.3 is 11.9 Å². The van der Waals surface area contributed by atoms with Crippen LogP contribution in [0.25, 0.3) is 0 Å². The molecule has 1 aliphatic rings. The minimum absolute atomic E-state index is 0.0422. The van der Waals surface area contributed by atoms with Gasteiger partial charge < -0.3 is 9.52 Å². The van der Waals surface area contributed by atoms with Crippen molar-refractivity contribution >= 4 is 33.7 Å². The average molecular weight is 359 g/mol. The van der Waals surface area contributed by atoms with Crippen LogP contribution in [0.3, 0.4) is 0 Å². The highest BCUT2D eigenvalue weighted by Crippen LogP contribution is 2.30. The number of carboxylic acids is 1. The number of halogens is 1. The molecule has 2 amide bonds. The minimum Gasteiger partial charge on any atom is -0.481 e. The summed E-state index contributed by atoms with van der Waals surface area (Å²) in [4.78, 5) is 34.9. The van der Waals surface area contributed by atoms with Crippen LogP contribution < -0.4 is 10.9 Å². The fourth-order valence-electron chi connectivity index (χ4n) is 2.45. The highest BCUT2D eigenvalue weighted by atomic mass is 79.9. The molecule has 1 fully saturated rings. The summed E-state index contributed by atoms with van der Waals surface area (Å²) in [5.41, 5.74) is 4.49. The molecule has 1 saturated carbocycles. The van der Waals surface area contributed by atoms with Crippen molar-refractivity contribution in [1.29, 1.82) is 0 Å². The van der Waals surface area contributed by atoms with E-state index in [1.807, 2.05) is 0 Å². The van der Waals surface area contributed by atoms with Gasteiger partial charge in [-0.05, 0) is 40.9 Å². The van der Waals surface area contributed by atoms with Crippen molar-refractivity contribution in [1.82, 2.24) is 10.9 Å². The Balaban J connectivity index is 1.91. The Morgan fingerprint density at radius 2 is 1.81 bits per heavy atom. The Kier molecular flexibility index (Phi) is 5.00. The third-order valence-corrected chi connectivity index (χ3v) is 3.94. The van der Waals surface area contributed by atoms with E-state index in [1.54, 1.807) is 6.07 Å². The number of carboxylic acid groups (broad SMARTS) is 1. The number of hydrogen-bond acceptors (Lipinski definition) is 4. The number of carbonyl (C=O) groups is 3. The van der Waals surface area contributed by atoms with Gasteiger partial charge in [0.1, 0.15) is 0 Å². The van der Waals surface area contributed by atoms with Crippen molar-refractivity contribution in [3.8, 4) is 0 Å². The summed E-state index contributed by atoms with van der Waals surface area (Å²) in [5.74, 6) is -3.34. The normalized spacial score (nSPS) is 21.6. The molecule has 0 aliphatic heterocycles. The molecule has 1 aliphatic carbocycles. The molecular formula is C13H15BrN2O5. The number of hydrogen-bond donors (Lipinski definition) is 3. The number of carbonyl (C=O) groups excluding carboxylic acids is 2. The maximum absolute atomic E-state index is 12.0. The summed E-state index contributed by atoms with van der Waals surface area (Å²) in [6.07, 6.45) is 2.59. The first-order valence-corrected chi connectivity index (χ1v) is 7.36. The van der Waals surface area contributed by atoms with Crippen LogP contribution in [0.4, 0.5) is 0 Å². The Labute approximate surface area is 129 Å². The summed E-state index contributed by atoms with van der Waals surface area (Å²) < 4.78 is 5.44. The first-order valence-electron chi connectivity index (χ1n) is 6.57. The number of amides is 2. The maximum Gasteiger partial charge on any atom is 0.307 e. The van der Waals surface area contributed by atoms with Gasteiger partial charge in [-0.1, -0.05) is 12.8 Å². The Morgan fingerprint density at radius 1 is 1.14 bits per heavy atom. The van der Waals surface area contributed by atoms with Crippen LogP contribution in [0.5, 0.6) is 0 Å². The van der Waals surface area contributed by atoms with E-state index in [0.717, 1.165) is 12.8 Å². The molecule has 0 radical (unpaired) electrons. The van der Waals surface area contributed by atoms with Crippen molar-refractivity contribution < 1.29 is 23.9 Å². The SMILES string of the molecule is O=C(NNC(=O)[C@H]1CCCC[C@H]1C(=O)O)c1ccc(Br)o1. The molecule has 7 nitrogen and oxygen atoms in total. The monoisotopic (exact) mass is 358 g/mol. The van der Waals surface area contributed by atoms with Crippen molar-refractivity contribution in [3.63, 3.8) is 0 Å². The zero-order chi connectivity index (χ0) is 15.4. The molecule has 1 aromatic rings. The number of aliphatic carboxylic acids is 1. The van der Waals surface area contributed by atoms with Crippen molar-refractivity contribution in [3.05, 3.63) is 22.6 Å². The van der Waals surface area contributed by atoms with Gasteiger partial charge in [0.15, 0.2) is 10.4 Å². The lowest BCUT2D eigenvalue weighted by atomic mass is 9.79. The number of nitrogens with one attached hydrogen (secondary N) is 2. The van der Waals surface area contributed by atoms with Gasteiger partial charge in [-0.25, -0.2) is 0 Å². The predicted molar refractivity (Wildman–Crippen MR) is 75.1 cm³/mol. The molecule has 2 atom stereocenters. The van der Waals surface area contributed by atoms with Gasteiger partial charge in [0.05, 0.1) is 11.8 Å².